The van der Waals surface area contributed by atoms with Crippen LogP contribution in [0.25, 0.3) is 0 Å². The third-order valence-corrected chi connectivity index (χ3v) is 5.38. The predicted molar refractivity (Wildman–Crippen MR) is 140 cm³/mol. The van der Waals surface area contributed by atoms with E-state index in [4.69, 9.17) is 4.74 Å². The van der Waals surface area contributed by atoms with Crippen molar-refractivity contribution < 1.29 is 13.9 Å². The fourth-order valence-corrected chi connectivity index (χ4v) is 3.57. The van der Waals surface area contributed by atoms with Crippen molar-refractivity contribution in [2.24, 2.45) is 4.99 Å². The number of halogens is 2. The number of carbonyl (C=O) groups is 1. The molecule has 0 spiro atoms. The Bertz CT molecular complexity index is 908. The number of hydrogen-bond acceptors (Lipinski definition) is 3. The number of hydrogen-bond donors (Lipinski definition) is 2. The van der Waals surface area contributed by atoms with Gasteiger partial charge in [0.25, 0.3) is 0 Å². The quantitative estimate of drug-likeness (QED) is 0.252. The van der Waals surface area contributed by atoms with E-state index in [0.29, 0.717) is 37.8 Å². The van der Waals surface area contributed by atoms with E-state index in [1.807, 2.05) is 18.7 Å². The number of aliphatic imine (C=N–C) groups is 1. The van der Waals surface area contributed by atoms with E-state index >= 15 is 0 Å². The minimum atomic E-state index is -0.307. The number of likely N-dealkylation sites (tertiary alicyclic amines) is 1. The molecule has 2 N–H and O–H groups in total. The van der Waals surface area contributed by atoms with Gasteiger partial charge in [-0.25, -0.2) is 9.38 Å². The van der Waals surface area contributed by atoms with Crippen LogP contribution in [0.3, 0.4) is 0 Å². The molecule has 0 aliphatic carbocycles. The van der Waals surface area contributed by atoms with Crippen molar-refractivity contribution in [3.8, 4) is 5.75 Å². The Hall–Kier alpha value is -2.36. The van der Waals surface area contributed by atoms with Crippen LogP contribution in [0.5, 0.6) is 5.75 Å². The van der Waals surface area contributed by atoms with E-state index in [1.54, 1.807) is 12.1 Å². The summed E-state index contributed by atoms with van der Waals surface area (Å²) in [5.41, 5.74) is 2.24. The van der Waals surface area contributed by atoms with Crippen molar-refractivity contribution >= 4 is 35.8 Å². The second-order valence-corrected chi connectivity index (χ2v) is 7.92. The number of benzene rings is 2. The molecule has 0 radical (unpaired) electrons. The highest BCUT2D eigenvalue weighted by molar-refractivity contribution is 14.0. The Morgan fingerprint density at radius 2 is 1.91 bits per heavy atom. The predicted octanol–water partition coefficient (Wildman–Crippen LogP) is 4.48. The van der Waals surface area contributed by atoms with Gasteiger partial charge in [-0.3, -0.25) is 4.79 Å². The molecule has 1 saturated heterocycles. The maximum Gasteiger partial charge on any atom is 0.222 e. The van der Waals surface area contributed by atoms with Gasteiger partial charge in [0.1, 0.15) is 17.7 Å². The lowest BCUT2D eigenvalue weighted by atomic mass is 10.1. The number of rotatable bonds is 10. The third-order valence-electron chi connectivity index (χ3n) is 5.38. The van der Waals surface area contributed by atoms with Gasteiger partial charge in [-0.05, 0) is 43.0 Å². The fraction of sp³-hybridized carbons (Fsp3) is 0.440. The van der Waals surface area contributed by atoms with Gasteiger partial charge in [0.15, 0.2) is 5.96 Å². The molecule has 2 aromatic rings. The van der Waals surface area contributed by atoms with Crippen LogP contribution in [0, 0.1) is 5.82 Å². The highest BCUT2D eigenvalue weighted by atomic mass is 127. The molecular formula is C25H34FIN4O2. The van der Waals surface area contributed by atoms with Crippen LogP contribution in [0.1, 0.15) is 44.2 Å². The Morgan fingerprint density at radius 1 is 1.15 bits per heavy atom. The first kappa shape index (κ1) is 26.9. The summed E-state index contributed by atoms with van der Waals surface area (Å²) in [6.07, 6.45) is 2.30. The summed E-state index contributed by atoms with van der Waals surface area (Å²) >= 11 is 0. The molecule has 33 heavy (non-hydrogen) atoms. The SMILES string of the molecule is CCNC(=NCc1ccc(CN2CCCC2=O)cc1)NCC(CC)Oc1cccc(F)c1.I. The summed E-state index contributed by atoms with van der Waals surface area (Å²) in [5.74, 6) is 1.17. The average Bonchev–Trinajstić information content (AvgIpc) is 3.20. The van der Waals surface area contributed by atoms with Crippen LogP contribution in [0.15, 0.2) is 53.5 Å². The standard InChI is InChI=1S/C25H33FN4O2.HI/c1-3-22(32-23-8-5-7-21(26)15-23)17-29-25(27-4-2)28-16-19-10-12-20(13-11-19)18-30-14-6-9-24(30)31;/h5,7-8,10-13,15,22H,3-4,6,9,14,16-18H2,1-2H3,(H2,27,28,29);1H. The van der Waals surface area contributed by atoms with Crippen LogP contribution in [-0.4, -0.2) is 42.5 Å². The van der Waals surface area contributed by atoms with E-state index < -0.39 is 0 Å². The van der Waals surface area contributed by atoms with E-state index in [1.165, 1.54) is 12.1 Å². The molecule has 1 fully saturated rings. The first-order chi connectivity index (χ1) is 15.6. The van der Waals surface area contributed by atoms with Gasteiger partial charge in [0.05, 0.1) is 13.1 Å². The summed E-state index contributed by atoms with van der Waals surface area (Å²) in [4.78, 5) is 18.4. The lowest BCUT2D eigenvalue weighted by molar-refractivity contribution is -0.128. The van der Waals surface area contributed by atoms with Gasteiger partial charge in [0.2, 0.25) is 5.91 Å². The van der Waals surface area contributed by atoms with Crippen molar-refractivity contribution in [1.82, 2.24) is 15.5 Å². The maximum atomic E-state index is 13.4. The topological polar surface area (TPSA) is 66.0 Å². The highest BCUT2D eigenvalue weighted by Crippen LogP contribution is 2.16. The van der Waals surface area contributed by atoms with Gasteiger partial charge in [0, 0.05) is 32.1 Å². The van der Waals surface area contributed by atoms with Gasteiger partial charge < -0.3 is 20.3 Å². The van der Waals surface area contributed by atoms with Crippen LogP contribution in [0.4, 0.5) is 4.39 Å². The molecule has 0 aromatic heterocycles. The average molecular weight is 568 g/mol. The third kappa shape index (κ3) is 8.83. The van der Waals surface area contributed by atoms with Gasteiger partial charge in [-0.1, -0.05) is 37.3 Å². The second kappa shape index (κ2) is 14.0. The van der Waals surface area contributed by atoms with Crippen molar-refractivity contribution in [2.75, 3.05) is 19.6 Å². The first-order valence-corrected chi connectivity index (χ1v) is 11.4. The highest BCUT2D eigenvalue weighted by Gasteiger charge is 2.19. The fourth-order valence-electron chi connectivity index (χ4n) is 3.57. The van der Waals surface area contributed by atoms with Crippen molar-refractivity contribution in [3.05, 3.63) is 65.5 Å². The van der Waals surface area contributed by atoms with Crippen LogP contribution in [0.2, 0.25) is 0 Å². The number of ether oxygens (including phenoxy) is 1. The molecule has 1 amide bonds. The number of guanidine groups is 1. The van der Waals surface area contributed by atoms with Gasteiger partial charge in [-0.15, -0.1) is 24.0 Å². The zero-order chi connectivity index (χ0) is 22.8. The largest absolute Gasteiger partial charge is 0.489 e. The minimum Gasteiger partial charge on any atom is -0.489 e. The normalized spacial score (nSPS) is 14.6. The van der Waals surface area contributed by atoms with Gasteiger partial charge in [-0.2, -0.15) is 0 Å². The molecule has 6 nitrogen and oxygen atoms in total. The summed E-state index contributed by atoms with van der Waals surface area (Å²) in [6.45, 7) is 7.43. The monoisotopic (exact) mass is 568 g/mol. The first-order valence-electron chi connectivity index (χ1n) is 11.4. The molecular weight excluding hydrogens is 534 g/mol. The molecule has 0 saturated carbocycles. The molecule has 180 valence electrons. The zero-order valence-corrected chi connectivity index (χ0v) is 21.7. The second-order valence-electron chi connectivity index (χ2n) is 7.92. The molecule has 0 bridgehead atoms. The minimum absolute atomic E-state index is 0. The van der Waals surface area contributed by atoms with E-state index in [0.717, 1.165) is 37.1 Å². The van der Waals surface area contributed by atoms with Crippen molar-refractivity contribution in [1.29, 1.82) is 0 Å². The lowest BCUT2D eigenvalue weighted by Gasteiger charge is -2.20. The number of nitrogens with one attached hydrogen (secondary N) is 2. The van der Waals surface area contributed by atoms with Crippen LogP contribution >= 0.6 is 24.0 Å². The molecule has 8 heteroatoms. The number of amides is 1. The summed E-state index contributed by atoms with van der Waals surface area (Å²) in [6, 6.07) is 14.5. The molecule has 1 heterocycles. The van der Waals surface area contributed by atoms with Crippen molar-refractivity contribution in [2.45, 2.75) is 52.3 Å². The van der Waals surface area contributed by atoms with Crippen LogP contribution < -0.4 is 15.4 Å². The summed E-state index contributed by atoms with van der Waals surface area (Å²) in [7, 11) is 0. The summed E-state index contributed by atoms with van der Waals surface area (Å²) < 4.78 is 19.3. The van der Waals surface area contributed by atoms with Crippen molar-refractivity contribution in [3.63, 3.8) is 0 Å². The van der Waals surface area contributed by atoms with E-state index in [-0.39, 0.29) is 41.8 Å². The van der Waals surface area contributed by atoms with Crippen LogP contribution in [-0.2, 0) is 17.9 Å². The number of nitrogens with zero attached hydrogens (tertiary/aromatic N) is 2. The van der Waals surface area contributed by atoms with E-state index in [2.05, 4.69) is 39.9 Å². The Morgan fingerprint density at radius 3 is 2.55 bits per heavy atom. The zero-order valence-electron chi connectivity index (χ0n) is 19.4. The van der Waals surface area contributed by atoms with E-state index in [9.17, 15) is 9.18 Å². The molecule has 3 rings (SSSR count). The molecule has 2 aromatic carbocycles. The Balaban J connectivity index is 0.00000385. The molecule has 1 aliphatic heterocycles. The molecule has 1 aliphatic rings. The summed E-state index contributed by atoms with van der Waals surface area (Å²) in [5, 5.41) is 6.57. The molecule has 1 atom stereocenters. The Labute approximate surface area is 213 Å². The van der Waals surface area contributed by atoms with Gasteiger partial charge >= 0.3 is 0 Å². The molecule has 1 unspecified atom stereocenters. The Kier molecular flexibility index (Phi) is 11.4. The lowest BCUT2D eigenvalue weighted by Crippen LogP contribution is -2.42. The maximum absolute atomic E-state index is 13.4. The smallest absolute Gasteiger partial charge is 0.222 e. The number of carbonyl (C=O) groups excluding carboxylic acids is 1.